The van der Waals surface area contributed by atoms with E-state index in [2.05, 4.69) is 4.74 Å². The van der Waals surface area contributed by atoms with Gasteiger partial charge in [0, 0.05) is 12.1 Å². The first kappa shape index (κ1) is 13.5. The molecule has 0 saturated heterocycles. The Morgan fingerprint density at radius 2 is 1.94 bits per heavy atom. The van der Waals surface area contributed by atoms with Gasteiger partial charge in [-0.15, -0.1) is 0 Å². The van der Waals surface area contributed by atoms with Crippen molar-refractivity contribution in [3.05, 3.63) is 33.9 Å². The second-order valence-electron chi connectivity index (χ2n) is 2.99. The molecular weight excluding hydrogens is 254 g/mol. The van der Waals surface area contributed by atoms with Crippen LogP contribution < -0.4 is 5.32 Å². The Balaban J connectivity index is 3.10. The van der Waals surface area contributed by atoms with E-state index in [9.17, 15) is 28.5 Å². The van der Waals surface area contributed by atoms with Crippen LogP contribution in [0.2, 0.25) is 0 Å². The Hall–Kier alpha value is -2.58. The maximum absolute atomic E-state index is 13.2. The van der Waals surface area contributed by atoms with Gasteiger partial charge in [0.1, 0.15) is 5.82 Å². The molecule has 96 valence electrons. The minimum absolute atomic E-state index is 0.227. The zero-order chi connectivity index (χ0) is 13.9. The summed E-state index contributed by atoms with van der Waals surface area (Å²) >= 11 is 0. The van der Waals surface area contributed by atoms with Gasteiger partial charge in [0.2, 0.25) is 5.82 Å². The molecule has 0 saturated carbocycles. The molecule has 0 aliphatic heterocycles. The molecule has 0 bridgehead atoms. The largest absolute Gasteiger partial charge is 0.462 e. The van der Waals surface area contributed by atoms with Crippen molar-refractivity contribution in [2.75, 3.05) is 12.4 Å². The van der Waals surface area contributed by atoms with Crippen molar-refractivity contribution in [3.63, 3.8) is 0 Å². The molecule has 1 rings (SSSR count). The highest BCUT2D eigenvalue weighted by Crippen LogP contribution is 2.24. The molecule has 0 radical (unpaired) electrons. The Bertz CT molecular complexity index is 532. The van der Waals surface area contributed by atoms with E-state index in [1.807, 2.05) is 0 Å². The summed E-state index contributed by atoms with van der Waals surface area (Å²) in [5.74, 6) is -5.30. The predicted molar refractivity (Wildman–Crippen MR) is 53.7 cm³/mol. The summed E-state index contributed by atoms with van der Waals surface area (Å²) in [6.07, 6.45) is 0. The third-order valence-corrected chi connectivity index (χ3v) is 1.85. The number of nitrogens with one attached hydrogen (secondary N) is 1. The minimum atomic E-state index is -1.39. The number of methoxy groups -OCH3 is 1. The molecule has 18 heavy (non-hydrogen) atoms. The molecule has 0 fully saturated rings. The van der Waals surface area contributed by atoms with E-state index in [0.29, 0.717) is 6.07 Å². The number of esters is 1. The van der Waals surface area contributed by atoms with Gasteiger partial charge in [-0.2, -0.15) is 4.39 Å². The van der Waals surface area contributed by atoms with Crippen molar-refractivity contribution >= 4 is 23.3 Å². The van der Waals surface area contributed by atoms with E-state index in [1.54, 1.807) is 5.32 Å². The van der Waals surface area contributed by atoms with Gasteiger partial charge in [-0.3, -0.25) is 14.9 Å². The van der Waals surface area contributed by atoms with Crippen LogP contribution in [0.4, 0.5) is 20.2 Å². The number of anilines is 1. The Labute approximate surface area is 98.5 Å². The molecule has 9 heteroatoms. The quantitative estimate of drug-likeness (QED) is 0.370. The molecule has 1 N–H and O–H groups in total. The van der Waals surface area contributed by atoms with Gasteiger partial charge in [-0.25, -0.2) is 9.18 Å². The molecule has 0 heterocycles. The summed E-state index contributed by atoms with van der Waals surface area (Å²) in [7, 11) is 0.922. The van der Waals surface area contributed by atoms with Crippen molar-refractivity contribution in [1.82, 2.24) is 0 Å². The average molecular weight is 260 g/mol. The maximum atomic E-state index is 13.2. The maximum Gasteiger partial charge on any atom is 0.396 e. The number of benzene rings is 1. The summed E-state index contributed by atoms with van der Waals surface area (Å²) in [6, 6.07) is 0.691. The number of halogens is 2. The zero-order valence-corrected chi connectivity index (χ0v) is 8.90. The summed E-state index contributed by atoms with van der Waals surface area (Å²) in [6.45, 7) is 0. The number of nitro benzene ring substituents is 1. The molecule has 0 spiro atoms. The third kappa shape index (κ3) is 2.75. The van der Waals surface area contributed by atoms with E-state index in [0.717, 1.165) is 7.11 Å². The van der Waals surface area contributed by atoms with Crippen molar-refractivity contribution < 1.29 is 28.0 Å². The van der Waals surface area contributed by atoms with E-state index in [4.69, 9.17) is 0 Å². The monoisotopic (exact) mass is 260 g/mol. The number of rotatable bonds is 2. The number of hydrogen-bond acceptors (Lipinski definition) is 5. The SMILES string of the molecule is COC(=O)C(=O)Nc1cc([N+](=O)[O-])c(F)cc1F. The van der Waals surface area contributed by atoms with Gasteiger partial charge in [-0.1, -0.05) is 0 Å². The Kier molecular flexibility index (Phi) is 3.87. The van der Waals surface area contributed by atoms with Gasteiger partial charge in [0.25, 0.3) is 0 Å². The van der Waals surface area contributed by atoms with Crippen LogP contribution in [-0.4, -0.2) is 23.9 Å². The van der Waals surface area contributed by atoms with Crippen LogP contribution in [-0.2, 0) is 14.3 Å². The number of carbonyl (C=O) groups is 2. The standard InChI is InChI=1S/C9H6F2N2O5/c1-18-9(15)8(14)12-6-3-7(13(16)17)5(11)2-4(6)10/h2-3H,1H3,(H,12,14). The number of nitro groups is 1. The topological polar surface area (TPSA) is 98.5 Å². The number of nitrogens with zero attached hydrogens (tertiary/aromatic N) is 1. The molecule has 1 amide bonds. The molecule has 0 aliphatic rings. The minimum Gasteiger partial charge on any atom is -0.462 e. The first-order valence-electron chi connectivity index (χ1n) is 4.39. The van der Waals surface area contributed by atoms with E-state index in [1.165, 1.54) is 0 Å². The highest BCUT2D eigenvalue weighted by molar-refractivity contribution is 6.37. The van der Waals surface area contributed by atoms with Crippen LogP contribution >= 0.6 is 0 Å². The number of hydrogen-bond donors (Lipinski definition) is 1. The summed E-state index contributed by atoms with van der Waals surface area (Å²) in [5, 5.41) is 12.1. The number of ether oxygens (including phenoxy) is 1. The second kappa shape index (κ2) is 5.17. The van der Waals surface area contributed by atoms with Crippen LogP contribution in [0.1, 0.15) is 0 Å². The third-order valence-electron chi connectivity index (χ3n) is 1.85. The summed E-state index contributed by atoms with van der Waals surface area (Å²) in [4.78, 5) is 31.1. The van der Waals surface area contributed by atoms with Gasteiger partial charge in [0.15, 0.2) is 0 Å². The lowest BCUT2D eigenvalue weighted by Gasteiger charge is -2.05. The fraction of sp³-hybridized carbons (Fsp3) is 0.111. The Morgan fingerprint density at radius 1 is 1.33 bits per heavy atom. The molecule has 1 aromatic rings. The lowest BCUT2D eigenvalue weighted by molar-refractivity contribution is -0.387. The van der Waals surface area contributed by atoms with Crippen molar-refractivity contribution in [2.24, 2.45) is 0 Å². The van der Waals surface area contributed by atoms with Crippen molar-refractivity contribution in [1.29, 1.82) is 0 Å². The molecule has 0 atom stereocenters. The van der Waals surface area contributed by atoms with Crippen LogP contribution in [0.15, 0.2) is 12.1 Å². The summed E-state index contributed by atoms with van der Waals surface area (Å²) < 4.78 is 30.2. The summed E-state index contributed by atoms with van der Waals surface area (Å²) in [5.41, 5.74) is -1.73. The first-order valence-corrected chi connectivity index (χ1v) is 4.39. The van der Waals surface area contributed by atoms with Gasteiger partial charge >= 0.3 is 17.6 Å². The Morgan fingerprint density at radius 3 is 2.44 bits per heavy atom. The van der Waals surface area contributed by atoms with Crippen LogP contribution in [0.3, 0.4) is 0 Å². The van der Waals surface area contributed by atoms with Gasteiger partial charge < -0.3 is 10.1 Å². The lowest BCUT2D eigenvalue weighted by atomic mass is 10.2. The normalized spacial score (nSPS) is 9.72. The number of amides is 1. The molecule has 7 nitrogen and oxygen atoms in total. The van der Waals surface area contributed by atoms with Crippen LogP contribution in [0.5, 0.6) is 0 Å². The van der Waals surface area contributed by atoms with Crippen LogP contribution in [0.25, 0.3) is 0 Å². The fourth-order valence-corrected chi connectivity index (χ4v) is 1.04. The van der Waals surface area contributed by atoms with Gasteiger partial charge in [-0.05, 0) is 0 Å². The lowest BCUT2D eigenvalue weighted by Crippen LogP contribution is -2.24. The highest BCUT2D eigenvalue weighted by atomic mass is 19.1. The first-order chi connectivity index (χ1) is 8.36. The van der Waals surface area contributed by atoms with Crippen molar-refractivity contribution in [2.45, 2.75) is 0 Å². The predicted octanol–water partition coefficient (Wildman–Crippen LogP) is 0.984. The van der Waals surface area contributed by atoms with E-state index < -0.39 is 39.8 Å². The van der Waals surface area contributed by atoms with Crippen molar-refractivity contribution in [3.8, 4) is 0 Å². The average Bonchev–Trinajstić information content (AvgIpc) is 2.30. The van der Waals surface area contributed by atoms with Gasteiger partial charge in [0.05, 0.1) is 17.7 Å². The molecular formula is C9H6F2N2O5. The zero-order valence-electron chi connectivity index (χ0n) is 8.90. The van der Waals surface area contributed by atoms with Crippen LogP contribution in [0, 0.1) is 21.7 Å². The molecule has 0 aliphatic carbocycles. The van der Waals surface area contributed by atoms with E-state index >= 15 is 0 Å². The highest BCUT2D eigenvalue weighted by Gasteiger charge is 2.22. The number of carbonyl (C=O) groups excluding carboxylic acids is 2. The second-order valence-corrected chi connectivity index (χ2v) is 2.99. The smallest absolute Gasteiger partial charge is 0.396 e. The molecule has 1 aromatic carbocycles. The molecule has 0 aromatic heterocycles. The fourth-order valence-electron chi connectivity index (χ4n) is 1.04. The van der Waals surface area contributed by atoms with E-state index in [-0.39, 0.29) is 6.07 Å². The molecule has 0 unspecified atom stereocenters.